The average molecular weight is 300 g/mol. The van der Waals surface area contributed by atoms with E-state index in [1.165, 1.54) is 6.07 Å². The number of carbonyl (C=O) groups excluding carboxylic acids is 1. The summed E-state index contributed by atoms with van der Waals surface area (Å²) in [4.78, 5) is 12.1. The fraction of sp³-hybridized carbons (Fsp3) is 0.562. The maximum absolute atomic E-state index is 12.6. The Morgan fingerprint density at radius 2 is 2.10 bits per heavy atom. The highest BCUT2D eigenvalue weighted by Crippen LogP contribution is 2.30. The third-order valence-electron chi connectivity index (χ3n) is 3.82. The van der Waals surface area contributed by atoms with Crippen LogP contribution in [0.4, 0.5) is 13.2 Å². The van der Waals surface area contributed by atoms with Crippen molar-refractivity contribution in [3.8, 4) is 0 Å². The predicted molar refractivity (Wildman–Crippen MR) is 73.3 cm³/mol. The van der Waals surface area contributed by atoms with Gasteiger partial charge in [0.15, 0.2) is 5.78 Å². The summed E-state index contributed by atoms with van der Waals surface area (Å²) in [7, 11) is 0. The van der Waals surface area contributed by atoms with Crippen molar-refractivity contribution in [3.05, 3.63) is 34.9 Å². The summed E-state index contributed by atoms with van der Waals surface area (Å²) >= 11 is 0. The SMILES string of the molecule is Cc1cc(C(F)(F)F)ccc1C(=O)CCC1CCCCO1. The first kappa shape index (κ1) is 16.0. The quantitative estimate of drug-likeness (QED) is 0.763. The topological polar surface area (TPSA) is 26.3 Å². The summed E-state index contributed by atoms with van der Waals surface area (Å²) in [5, 5.41) is 0. The minimum absolute atomic E-state index is 0.109. The Morgan fingerprint density at radius 1 is 1.33 bits per heavy atom. The first-order chi connectivity index (χ1) is 9.88. The van der Waals surface area contributed by atoms with Crippen molar-refractivity contribution < 1.29 is 22.7 Å². The van der Waals surface area contributed by atoms with Gasteiger partial charge in [0, 0.05) is 18.6 Å². The molecule has 0 saturated carbocycles. The average Bonchev–Trinajstić information content (AvgIpc) is 2.45. The number of rotatable bonds is 4. The number of ketones is 1. The summed E-state index contributed by atoms with van der Waals surface area (Å²) in [6.07, 6.45) is -0.185. The lowest BCUT2D eigenvalue weighted by atomic mass is 9.96. The van der Waals surface area contributed by atoms with Crippen molar-refractivity contribution in [3.63, 3.8) is 0 Å². The van der Waals surface area contributed by atoms with Crippen molar-refractivity contribution in [2.24, 2.45) is 0 Å². The summed E-state index contributed by atoms with van der Waals surface area (Å²) in [6, 6.07) is 3.28. The molecule has 5 heteroatoms. The molecule has 0 bridgehead atoms. The summed E-state index contributed by atoms with van der Waals surface area (Å²) in [5.41, 5.74) is 0.0327. The number of Topliss-reactive ketones (excluding diaryl/α,β-unsaturated/α-hetero) is 1. The summed E-state index contributed by atoms with van der Waals surface area (Å²) < 4.78 is 43.3. The fourth-order valence-corrected chi connectivity index (χ4v) is 2.61. The third-order valence-corrected chi connectivity index (χ3v) is 3.82. The molecule has 1 atom stereocenters. The van der Waals surface area contributed by atoms with Gasteiger partial charge in [0.2, 0.25) is 0 Å². The van der Waals surface area contributed by atoms with Crippen molar-refractivity contribution in [2.75, 3.05) is 6.61 Å². The molecule has 2 rings (SSSR count). The fourth-order valence-electron chi connectivity index (χ4n) is 2.61. The number of ether oxygens (including phenoxy) is 1. The molecule has 1 saturated heterocycles. The van der Waals surface area contributed by atoms with Crippen LogP contribution in [0.2, 0.25) is 0 Å². The second kappa shape index (κ2) is 6.60. The lowest BCUT2D eigenvalue weighted by molar-refractivity contribution is -0.137. The van der Waals surface area contributed by atoms with Crippen LogP contribution in [0.1, 0.15) is 53.6 Å². The van der Waals surface area contributed by atoms with E-state index in [1.807, 2.05) is 0 Å². The monoisotopic (exact) mass is 300 g/mol. The van der Waals surface area contributed by atoms with Gasteiger partial charge in [-0.15, -0.1) is 0 Å². The molecule has 1 unspecified atom stereocenters. The molecule has 1 fully saturated rings. The largest absolute Gasteiger partial charge is 0.416 e. The molecule has 116 valence electrons. The number of halogens is 3. The minimum atomic E-state index is -4.37. The Balaban J connectivity index is 1.99. The van der Waals surface area contributed by atoms with Gasteiger partial charge in [-0.3, -0.25) is 4.79 Å². The maximum Gasteiger partial charge on any atom is 0.416 e. The zero-order valence-corrected chi connectivity index (χ0v) is 12.0. The van der Waals surface area contributed by atoms with Crippen LogP contribution in [0, 0.1) is 6.92 Å². The Kier molecular flexibility index (Phi) is 5.04. The smallest absolute Gasteiger partial charge is 0.378 e. The van der Waals surface area contributed by atoms with E-state index in [0.29, 0.717) is 24.0 Å². The zero-order valence-electron chi connectivity index (χ0n) is 12.0. The van der Waals surface area contributed by atoms with E-state index in [2.05, 4.69) is 0 Å². The Morgan fingerprint density at radius 3 is 2.67 bits per heavy atom. The molecule has 21 heavy (non-hydrogen) atoms. The van der Waals surface area contributed by atoms with Gasteiger partial charge >= 0.3 is 6.18 Å². The number of carbonyl (C=O) groups is 1. The van der Waals surface area contributed by atoms with Crippen LogP contribution < -0.4 is 0 Å². The molecule has 0 aliphatic carbocycles. The molecule has 1 aromatic carbocycles. The van der Waals surface area contributed by atoms with Gasteiger partial charge < -0.3 is 4.74 Å². The lowest BCUT2D eigenvalue weighted by Gasteiger charge is -2.22. The van der Waals surface area contributed by atoms with Crippen LogP contribution in [0.25, 0.3) is 0 Å². The van der Waals surface area contributed by atoms with E-state index in [1.54, 1.807) is 6.92 Å². The van der Waals surface area contributed by atoms with Gasteiger partial charge in [-0.05, 0) is 50.3 Å². The standard InChI is InChI=1S/C16H19F3O2/c1-11-10-12(16(17,18)19)5-7-14(11)15(20)8-6-13-4-2-3-9-21-13/h5,7,10,13H,2-4,6,8-9H2,1H3. The molecular formula is C16H19F3O2. The van der Waals surface area contributed by atoms with Crippen LogP contribution in [0.15, 0.2) is 18.2 Å². The molecule has 0 radical (unpaired) electrons. The summed E-state index contributed by atoms with van der Waals surface area (Å²) in [5.74, 6) is -0.115. The third kappa shape index (κ3) is 4.30. The van der Waals surface area contributed by atoms with Crippen molar-refractivity contribution >= 4 is 5.78 Å². The molecule has 1 heterocycles. The molecule has 2 nitrogen and oxygen atoms in total. The second-order valence-electron chi connectivity index (χ2n) is 5.48. The number of benzene rings is 1. The number of hydrogen-bond acceptors (Lipinski definition) is 2. The van der Waals surface area contributed by atoms with Crippen LogP contribution in [0.5, 0.6) is 0 Å². The van der Waals surface area contributed by atoms with Gasteiger partial charge in [-0.2, -0.15) is 13.2 Å². The normalized spacial score (nSPS) is 19.5. The van der Waals surface area contributed by atoms with Crippen molar-refractivity contribution in [2.45, 2.75) is 51.3 Å². The van der Waals surface area contributed by atoms with E-state index in [-0.39, 0.29) is 11.9 Å². The summed E-state index contributed by atoms with van der Waals surface area (Å²) in [6.45, 7) is 2.28. The van der Waals surface area contributed by atoms with Crippen LogP contribution in [-0.2, 0) is 10.9 Å². The number of aryl methyl sites for hydroxylation is 1. The molecule has 0 N–H and O–H groups in total. The molecule has 1 aromatic rings. The van der Waals surface area contributed by atoms with Gasteiger partial charge in [0.1, 0.15) is 0 Å². The Hall–Kier alpha value is -1.36. The van der Waals surface area contributed by atoms with Gasteiger partial charge in [0.25, 0.3) is 0 Å². The Bertz CT molecular complexity index is 503. The lowest BCUT2D eigenvalue weighted by Crippen LogP contribution is -2.20. The minimum Gasteiger partial charge on any atom is -0.378 e. The van der Waals surface area contributed by atoms with Crippen molar-refractivity contribution in [1.82, 2.24) is 0 Å². The molecule has 1 aliphatic heterocycles. The first-order valence-corrected chi connectivity index (χ1v) is 7.20. The zero-order chi connectivity index (χ0) is 15.5. The maximum atomic E-state index is 12.6. The first-order valence-electron chi connectivity index (χ1n) is 7.20. The van der Waals surface area contributed by atoms with E-state index in [4.69, 9.17) is 4.74 Å². The van der Waals surface area contributed by atoms with Gasteiger partial charge in [0.05, 0.1) is 11.7 Å². The molecule has 0 aromatic heterocycles. The van der Waals surface area contributed by atoms with Gasteiger partial charge in [-0.1, -0.05) is 6.07 Å². The Labute approximate surface area is 122 Å². The van der Waals surface area contributed by atoms with E-state index in [9.17, 15) is 18.0 Å². The predicted octanol–water partition coefficient (Wildman–Crippen LogP) is 4.55. The van der Waals surface area contributed by atoms with E-state index >= 15 is 0 Å². The molecule has 0 spiro atoms. The van der Waals surface area contributed by atoms with Crippen LogP contribution in [-0.4, -0.2) is 18.5 Å². The highest BCUT2D eigenvalue weighted by atomic mass is 19.4. The second-order valence-corrected chi connectivity index (χ2v) is 5.48. The number of hydrogen-bond donors (Lipinski definition) is 0. The van der Waals surface area contributed by atoms with E-state index in [0.717, 1.165) is 38.0 Å². The van der Waals surface area contributed by atoms with Crippen LogP contribution >= 0.6 is 0 Å². The highest BCUT2D eigenvalue weighted by molar-refractivity contribution is 5.97. The van der Waals surface area contributed by atoms with E-state index < -0.39 is 11.7 Å². The highest BCUT2D eigenvalue weighted by Gasteiger charge is 2.31. The molecule has 1 aliphatic rings. The number of alkyl halides is 3. The van der Waals surface area contributed by atoms with Crippen LogP contribution in [0.3, 0.4) is 0 Å². The van der Waals surface area contributed by atoms with Gasteiger partial charge in [-0.25, -0.2) is 0 Å². The molecular weight excluding hydrogens is 281 g/mol. The van der Waals surface area contributed by atoms with Crippen molar-refractivity contribution in [1.29, 1.82) is 0 Å². The molecule has 0 amide bonds.